The molecule has 0 aliphatic carbocycles. The van der Waals surface area contributed by atoms with Crippen LogP contribution in [0.1, 0.15) is 20.9 Å². The van der Waals surface area contributed by atoms with Crippen LogP contribution in [0.25, 0.3) is 0 Å². The Hall–Kier alpha value is -2.48. The molecule has 2 rings (SSSR count). The SMILES string of the molecule is Cc1nnsc1C(=O)N(CC(N)=O)Cc1ccccc1N. The molecule has 110 valence electrons. The van der Waals surface area contributed by atoms with Gasteiger partial charge in [-0.2, -0.15) is 0 Å². The second-order valence-corrected chi connectivity index (χ2v) is 5.27. The third-order valence-corrected chi connectivity index (χ3v) is 3.71. The van der Waals surface area contributed by atoms with Crippen LogP contribution in [0.5, 0.6) is 0 Å². The Bertz CT molecular complexity index is 670. The fraction of sp³-hybridized carbons (Fsp3) is 0.231. The van der Waals surface area contributed by atoms with E-state index in [1.165, 1.54) is 4.90 Å². The predicted octanol–water partition coefficient (Wildman–Crippen LogP) is 0.556. The van der Waals surface area contributed by atoms with E-state index < -0.39 is 5.91 Å². The maximum atomic E-state index is 12.5. The highest BCUT2D eigenvalue weighted by molar-refractivity contribution is 7.07. The smallest absolute Gasteiger partial charge is 0.268 e. The number of carbonyl (C=O) groups is 2. The van der Waals surface area contributed by atoms with Gasteiger partial charge >= 0.3 is 0 Å². The zero-order chi connectivity index (χ0) is 15.4. The third-order valence-electron chi connectivity index (χ3n) is 2.90. The lowest BCUT2D eigenvalue weighted by molar-refractivity contribution is -0.118. The molecule has 1 heterocycles. The minimum absolute atomic E-state index is 0.190. The van der Waals surface area contributed by atoms with E-state index in [2.05, 4.69) is 9.59 Å². The number of aryl methyl sites for hydroxylation is 1. The maximum Gasteiger partial charge on any atom is 0.268 e. The number of anilines is 1. The molecule has 0 aliphatic rings. The number of para-hydroxylation sites is 1. The van der Waals surface area contributed by atoms with E-state index in [1.54, 1.807) is 25.1 Å². The van der Waals surface area contributed by atoms with Gasteiger partial charge in [0, 0.05) is 12.2 Å². The van der Waals surface area contributed by atoms with Crippen molar-refractivity contribution >= 4 is 29.0 Å². The lowest BCUT2D eigenvalue weighted by Crippen LogP contribution is -2.38. The van der Waals surface area contributed by atoms with E-state index in [0.717, 1.165) is 17.1 Å². The molecule has 0 spiro atoms. The summed E-state index contributed by atoms with van der Waals surface area (Å²) in [5.41, 5.74) is 12.9. The van der Waals surface area contributed by atoms with Gasteiger partial charge in [-0.25, -0.2) is 0 Å². The number of nitrogens with zero attached hydrogens (tertiary/aromatic N) is 3. The first-order valence-corrected chi connectivity index (χ1v) is 6.96. The Kier molecular flexibility index (Phi) is 4.49. The van der Waals surface area contributed by atoms with E-state index >= 15 is 0 Å². The molecule has 0 aliphatic heterocycles. The van der Waals surface area contributed by atoms with Crippen molar-refractivity contribution in [3.63, 3.8) is 0 Å². The number of benzene rings is 1. The van der Waals surface area contributed by atoms with Gasteiger partial charge < -0.3 is 16.4 Å². The molecule has 2 aromatic rings. The number of nitrogens with two attached hydrogens (primary N) is 2. The van der Waals surface area contributed by atoms with E-state index in [-0.39, 0.29) is 19.0 Å². The van der Waals surface area contributed by atoms with Gasteiger partial charge in [0.05, 0.1) is 5.69 Å². The van der Waals surface area contributed by atoms with E-state index in [0.29, 0.717) is 16.3 Å². The first-order valence-electron chi connectivity index (χ1n) is 6.19. The normalized spacial score (nSPS) is 10.3. The van der Waals surface area contributed by atoms with E-state index in [9.17, 15) is 9.59 Å². The van der Waals surface area contributed by atoms with Gasteiger partial charge in [-0.05, 0) is 30.1 Å². The number of primary amides is 1. The molecule has 1 aromatic carbocycles. The number of aromatic nitrogens is 2. The standard InChI is InChI=1S/C13H15N5O2S/c1-8-12(21-17-16-8)13(20)18(7-11(15)19)6-9-4-2-3-5-10(9)14/h2-5H,6-7,14H2,1H3,(H2,15,19). The Labute approximate surface area is 125 Å². The van der Waals surface area contributed by atoms with Crippen molar-refractivity contribution in [2.45, 2.75) is 13.5 Å². The largest absolute Gasteiger partial charge is 0.398 e. The highest BCUT2D eigenvalue weighted by Crippen LogP contribution is 2.18. The van der Waals surface area contributed by atoms with Crippen LogP contribution in [0, 0.1) is 6.92 Å². The van der Waals surface area contributed by atoms with Crippen LogP contribution in [0.15, 0.2) is 24.3 Å². The van der Waals surface area contributed by atoms with Crippen LogP contribution in [0.4, 0.5) is 5.69 Å². The van der Waals surface area contributed by atoms with Crippen molar-refractivity contribution in [3.8, 4) is 0 Å². The van der Waals surface area contributed by atoms with Gasteiger partial charge in [0.15, 0.2) is 0 Å². The Morgan fingerprint density at radius 3 is 2.62 bits per heavy atom. The molecule has 0 bridgehead atoms. The predicted molar refractivity (Wildman–Crippen MR) is 79.4 cm³/mol. The summed E-state index contributed by atoms with van der Waals surface area (Å²) in [5.74, 6) is -0.919. The lowest BCUT2D eigenvalue weighted by Gasteiger charge is -2.21. The molecule has 0 atom stereocenters. The lowest BCUT2D eigenvalue weighted by atomic mass is 10.1. The van der Waals surface area contributed by atoms with Crippen molar-refractivity contribution in [1.29, 1.82) is 0 Å². The average Bonchev–Trinajstić information content (AvgIpc) is 2.85. The van der Waals surface area contributed by atoms with Crippen LogP contribution in [-0.4, -0.2) is 32.8 Å². The van der Waals surface area contributed by atoms with Gasteiger partial charge in [-0.1, -0.05) is 22.7 Å². The summed E-state index contributed by atoms with van der Waals surface area (Å²) in [4.78, 5) is 25.4. The first-order chi connectivity index (χ1) is 9.99. The van der Waals surface area contributed by atoms with E-state index in [1.807, 2.05) is 6.07 Å². The average molecular weight is 305 g/mol. The molecule has 8 heteroatoms. The highest BCUT2D eigenvalue weighted by Gasteiger charge is 2.22. The second kappa shape index (κ2) is 6.31. The molecule has 7 nitrogen and oxygen atoms in total. The number of carbonyl (C=O) groups excluding carboxylic acids is 2. The third kappa shape index (κ3) is 3.54. The fourth-order valence-electron chi connectivity index (χ4n) is 1.84. The van der Waals surface area contributed by atoms with Gasteiger partial charge in [-0.15, -0.1) is 5.10 Å². The molecular formula is C13H15N5O2S. The van der Waals surface area contributed by atoms with Crippen molar-refractivity contribution in [2.75, 3.05) is 12.3 Å². The van der Waals surface area contributed by atoms with Crippen molar-refractivity contribution < 1.29 is 9.59 Å². The minimum atomic E-state index is -0.590. The highest BCUT2D eigenvalue weighted by atomic mass is 32.1. The summed E-state index contributed by atoms with van der Waals surface area (Å²) in [7, 11) is 0. The Morgan fingerprint density at radius 2 is 2.05 bits per heavy atom. The molecule has 1 aromatic heterocycles. The summed E-state index contributed by atoms with van der Waals surface area (Å²) < 4.78 is 3.73. The fourth-order valence-corrected chi connectivity index (χ4v) is 2.47. The van der Waals surface area contributed by atoms with Crippen molar-refractivity contribution in [2.24, 2.45) is 5.73 Å². The zero-order valence-electron chi connectivity index (χ0n) is 11.4. The molecule has 4 N–H and O–H groups in total. The van der Waals surface area contributed by atoms with Crippen molar-refractivity contribution in [3.05, 3.63) is 40.4 Å². The zero-order valence-corrected chi connectivity index (χ0v) is 12.3. The van der Waals surface area contributed by atoms with Gasteiger partial charge in [0.2, 0.25) is 5.91 Å². The van der Waals surface area contributed by atoms with Crippen LogP contribution in [-0.2, 0) is 11.3 Å². The first kappa shape index (κ1) is 14.9. The van der Waals surface area contributed by atoms with Gasteiger partial charge in [-0.3, -0.25) is 9.59 Å². The Balaban J connectivity index is 2.27. The van der Waals surface area contributed by atoms with Crippen molar-refractivity contribution in [1.82, 2.24) is 14.5 Å². The summed E-state index contributed by atoms with van der Waals surface area (Å²) >= 11 is 0.992. The maximum absolute atomic E-state index is 12.5. The molecule has 21 heavy (non-hydrogen) atoms. The molecule has 2 amide bonds. The topological polar surface area (TPSA) is 115 Å². The number of amides is 2. The quantitative estimate of drug-likeness (QED) is 0.783. The van der Waals surface area contributed by atoms with Crippen LogP contribution in [0.3, 0.4) is 0 Å². The summed E-state index contributed by atoms with van der Waals surface area (Å²) in [6.45, 7) is 1.70. The summed E-state index contributed by atoms with van der Waals surface area (Å²) in [6.07, 6.45) is 0. The monoisotopic (exact) mass is 305 g/mol. The summed E-state index contributed by atoms with van der Waals surface area (Å²) in [6, 6.07) is 7.16. The van der Waals surface area contributed by atoms with Gasteiger partial charge in [0.1, 0.15) is 11.4 Å². The molecule has 0 unspecified atom stereocenters. The number of rotatable bonds is 5. The van der Waals surface area contributed by atoms with Crippen LogP contribution >= 0.6 is 11.5 Å². The minimum Gasteiger partial charge on any atom is -0.398 e. The van der Waals surface area contributed by atoms with E-state index in [4.69, 9.17) is 11.5 Å². The second-order valence-electron chi connectivity index (χ2n) is 4.51. The molecule has 0 saturated carbocycles. The summed E-state index contributed by atoms with van der Waals surface area (Å²) in [5, 5.41) is 3.80. The molecule has 0 saturated heterocycles. The molecule has 0 fully saturated rings. The Morgan fingerprint density at radius 1 is 1.33 bits per heavy atom. The van der Waals surface area contributed by atoms with Gasteiger partial charge in [0.25, 0.3) is 5.91 Å². The van der Waals surface area contributed by atoms with Crippen LogP contribution in [0.2, 0.25) is 0 Å². The molecule has 0 radical (unpaired) electrons. The van der Waals surface area contributed by atoms with Crippen LogP contribution < -0.4 is 11.5 Å². The number of nitrogen functional groups attached to an aromatic ring is 1. The number of hydrogen-bond acceptors (Lipinski definition) is 6. The molecular weight excluding hydrogens is 290 g/mol. The number of hydrogen-bond donors (Lipinski definition) is 2.